The fourth-order valence-corrected chi connectivity index (χ4v) is 7.50. The molecule has 3 aromatic rings. The van der Waals surface area contributed by atoms with Crippen LogP contribution in [0.4, 0.5) is 5.69 Å². The molecular weight excluding hydrogens is 683 g/mol. The summed E-state index contributed by atoms with van der Waals surface area (Å²) in [6.07, 6.45) is 2.21. The van der Waals surface area contributed by atoms with Crippen LogP contribution in [0.3, 0.4) is 0 Å². The summed E-state index contributed by atoms with van der Waals surface area (Å²) >= 11 is 0. The average molecular weight is 726 g/mol. The van der Waals surface area contributed by atoms with Crippen LogP contribution in [0.2, 0.25) is 0 Å². The van der Waals surface area contributed by atoms with E-state index in [-0.39, 0.29) is 41.0 Å². The molecule has 0 aliphatic rings. The number of aromatic nitrogens is 1. The molecule has 3 rings (SSSR count). The number of nitrogens with one attached hydrogen (secondary N) is 2. The number of carbonyl (C=O) groups excluding carboxylic acids is 4. The summed E-state index contributed by atoms with van der Waals surface area (Å²) in [5.74, 6) is -2.10. The zero-order valence-corrected chi connectivity index (χ0v) is 29.7. The third-order valence-corrected chi connectivity index (χ3v) is 9.95. The Bertz CT molecular complexity index is 1610. The van der Waals surface area contributed by atoms with Crippen molar-refractivity contribution in [3.63, 3.8) is 0 Å². The standard InChI is InChI=1S/C34H43N7O7S2/c1-21(2)16-25(20-49-50-34-28(41(47)48)10-7-15-37-34)40(29(31(36)44)18-23-8-5-4-6-9-23)30(43)19-38-32(45)22(3)39-33(46)27(35)17-24-11-13-26(42)14-12-24/h4-15,21-22,25,27,29,42H,16-20,35H2,1-3H3,(H2,36,44)(H,38,45)(H,39,46)/t22-,25+,27+,29+/m1/s1. The van der Waals surface area contributed by atoms with Crippen molar-refractivity contribution in [2.45, 2.75) is 69.2 Å². The molecule has 0 saturated carbocycles. The Balaban J connectivity index is 1.77. The van der Waals surface area contributed by atoms with E-state index >= 15 is 0 Å². The van der Waals surface area contributed by atoms with Crippen LogP contribution < -0.4 is 22.1 Å². The van der Waals surface area contributed by atoms with Crippen molar-refractivity contribution in [3.05, 3.63) is 94.2 Å². The molecule has 0 aliphatic heterocycles. The van der Waals surface area contributed by atoms with Gasteiger partial charge in [-0.15, -0.1) is 0 Å². The van der Waals surface area contributed by atoms with Gasteiger partial charge >= 0.3 is 5.69 Å². The van der Waals surface area contributed by atoms with Crippen molar-refractivity contribution in [2.75, 3.05) is 12.3 Å². The van der Waals surface area contributed by atoms with Gasteiger partial charge in [-0.3, -0.25) is 29.3 Å². The number of phenolic OH excluding ortho intramolecular Hbond substituents is 1. The molecule has 268 valence electrons. The Morgan fingerprint density at radius 2 is 1.62 bits per heavy atom. The van der Waals surface area contributed by atoms with Gasteiger partial charge in [0.25, 0.3) is 0 Å². The maximum absolute atomic E-state index is 14.0. The Morgan fingerprint density at radius 1 is 0.960 bits per heavy atom. The number of pyridine rings is 1. The molecule has 1 aromatic heterocycles. The van der Waals surface area contributed by atoms with Crippen molar-refractivity contribution in [2.24, 2.45) is 17.4 Å². The van der Waals surface area contributed by atoms with E-state index in [1.165, 1.54) is 53.1 Å². The molecule has 0 saturated heterocycles. The number of nitrogens with two attached hydrogens (primary N) is 2. The van der Waals surface area contributed by atoms with Crippen LogP contribution in [0, 0.1) is 16.0 Å². The Morgan fingerprint density at radius 3 is 2.24 bits per heavy atom. The van der Waals surface area contributed by atoms with Gasteiger partial charge in [-0.05, 0) is 65.8 Å². The lowest BCUT2D eigenvalue weighted by molar-refractivity contribution is -0.388. The topological polar surface area (TPSA) is 224 Å². The van der Waals surface area contributed by atoms with E-state index in [0.717, 1.165) is 21.9 Å². The number of primary amides is 1. The van der Waals surface area contributed by atoms with Crippen LogP contribution in [0.15, 0.2) is 78.0 Å². The third kappa shape index (κ3) is 12.3. The number of hydrogen-bond donors (Lipinski definition) is 5. The van der Waals surface area contributed by atoms with Gasteiger partial charge in [0.15, 0.2) is 5.03 Å². The highest BCUT2D eigenvalue weighted by atomic mass is 33.1. The molecule has 0 fully saturated rings. The lowest BCUT2D eigenvalue weighted by Crippen LogP contribution is -2.58. The van der Waals surface area contributed by atoms with Gasteiger partial charge in [0, 0.05) is 30.5 Å². The minimum Gasteiger partial charge on any atom is -0.508 e. The minimum absolute atomic E-state index is 0.0750. The Labute approximate surface area is 298 Å². The fourth-order valence-electron chi connectivity index (χ4n) is 5.14. The van der Waals surface area contributed by atoms with Crippen molar-refractivity contribution < 1.29 is 29.2 Å². The predicted octanol–water partition coefficient (Wildman–Crippen LogP) is 2.97. The van der Waals surface area contributed by atoms with Crippen molar-refractivity contribution >= 4 is 50.9 Å². The number of nitro groups is 1. The maximum Gasteiger partial charge on any atom is 0.302 e. The molecule has 0 bridgehead atoms. The van der Waals surface area contributed by atoms with Crippen LogP contribution in [0.25, 0.3) is 0 Å². The molecule has 4 amide bonds. The van der Waals surface area contributed by atoms with Gasteiger partial charge in [0.05, 0.1) is 17.5 Å². The van der Waals surface area contributed by atoms with Gasteiger partial charge in [-0.25, -0.2) is 4.98 Å². The largest absolute Gasteiger partial charge is 0.508 e. The molecule has 0 aliphatic carbocycles. The molecule has 2 aromatic carbocycles. The van der Waals surface area contributed by atoms with Crippen LogP contribution in [0.1, 0.15) is 38.3 Å². The molecule has 0 radical (unpaired) electrons. The summed E-state index contributed by atoms with van der Waals surface area (Å²) in [5.41, 5.74) is 13.3. The van der Waals surface area contributed by atoms with Gasteiger partial charge < -0.3 is 32.1 Å². The molecule has 1 heterocycles. The van der Waals surface area contributed by atoms with E-state index in [1.807, 2.05) is 44.2 Å². The smallest absolute Gasteiger partial charge is 0.302 e. The van der Waals surface area contributed by atoms with Gasteiger partial charge in [-0.1, -0.05) is 67.1 Å². The highest BCUT2D eigenvalue weighted by molar-refractivity contribution is 8.76. The highest BCUT2D eigenvalue weighted by Crippen LogP contribution is 2.37. The molecule has 50 heavy (non-hydrogen) atoms. The summed E-state index contributed by atoms with van der Waals surface area (Å²) in [7, 11) is 2.35. The van der Waals surface area contributed by atoms with Gasteiger partial charge in [-0.2, -0.15) is 0 Å². The minimum atomic E-state index is -1.07. The molecule has 14 nitrogen and oxygen atoms in total. The molecule has 7 N–H and O–H groups in total. The number of carbonyl (C=O) groups is 4. The van der Waals surface area contributed by atoms with Crippen molar-refractivity contribution in [1.82, 2.24) is 20.5 Å². The predicted molar refractivity (Wildman–Crippen MR) is 193 cm³/mol. The zero-order valence-electron chi connectivity index (χ0n) is 28.1. The number of hydrogen-bond acceptors (Lipinski definition) is 11. The van der Waals surface area contributed by atoms with Crippen molar-refractivity contribution in [3.8, 4) is 5.75 Å². The van der Waals surface area contributed by atoms with Crippen LogP contribution in [0.5, 0.6) is 5.75 Å². The zero-order chi connectivity index (χ0) is 36.8. The highest BCUT2D eigenvalue weighted by Gasteiger charge is 2.35. The van der Waals surface area contributed by atoms with Crippen LogP contribution >= 0.6 is 21.6 Å². The van der Waals surface area contributed by atoms with E-state index in [2.05, 4.69) is 15.6 Å². The normalized spacial score (nSPS) is 13.5. The van der Waals surface area contributed by atoms with Crippen LogP contribution in [-0.2, 0) is 32.0 Å². The number of benzene rings is 2. The first-order chi connectivity index (χ1) is 23.8. The number of amides is 4. The van der Waals surface area contributed by atoms with Gasteiger partial charge in [0.1, 0.15) is 17.8 Å². The number of rotatable bonds is 19. The molecule has 4 atom stereocenters. The first-order valence-electron chi connectivity index (χ1n) is 15.9. The second-order valence-corrected chi connectivity index (χ2v) is 14.4. The second kappa shape index (κ2) is 19.5. The van der Waals surface area contributed by atoms with Gasteiger partial charge in [0.2, 0.25) is 23.6 Å². The van der Waals surface area contributed by atoms with E-state index < -0.39 is 59.3 Å². The molecule has 0 unspecified atom stereocenters. The Hall–Kier alpha value is -4.67. The lowest BCUT2D eigenvalue weighted by Gasteiger charge is -2.38. The van der Waals surface area contributed by atoms with E-state index in [9.17, 15) is 34.4 Å². The SMILES string of the molecule is CC(C)C[C@@H](CSSc1ncccc1[N+](=O)[O-])N(C(=O)CNC(=O)[C@@H](C)NC(=O)[C@@H](N)Cc1ccc(O)cc1)[C@@H](Cc1ccccc1)C(N)=O. The first-order valence-corrected chi connectivity index (χ1v) is 18.2. The summed E-state index contributed by atoms with van der Waals surface area (Å²) in [6, 6.07) is 14.5. The summed E-state index contributed by atoms with van der Waals surface area (Å²) < 4.78 is 0. The third-order valence-electron chi connectivity index (χ3n) is 7.60. The van der Waals surface area contributed by atoms with E-state index in [1.54, 1.807) is 12.1 Å². The number of aromatic hydroxyl groups is 1. The first kappa shape index (κ1) is 39.8. The molecule has 0 spiro atoms. The number of nitrogens with zero attached hydrogens (tertiary/aromatic N) is 3. The quantitative estimate of drug-likeness (QED) is 0.0686. The maximum atomic E-state index is 14.0. The lowest BCUT2D eigenvalue weighted by atomic mass is 9.98. The summed E-state index contributed by atoms with van der Waals surface area (Å²) in [5, 5.41) is 26.3. The number of phenols is 1. The molecular formula is C34H43N7O7S2. The summed E-state index contributed by atoms with van der Waals surface area (Å²) in [6.45, 7) is 4.89. The second-order valence-electron chi connectivity index (χ2n) is 12.1. The molecule has 16 heteroatoms. The van der Waals surface area contributed by atoms with E-state index in [4.69, 9.17) is 11.5 Å². The monoisotopic (exact) mass is 725 g/mol. The summed E-state index contributed by atoms with van der Waals surface area (Å²) in [4.78, 5) is 69.4. The fraction of sp³-hybridized carbons (Fsp3) is 0.382. The Kier molecular flexibility index (Phi) is 15.5. The van der Waals surface area contributed by atoms with Crippen LogP contribution in [-0.4, -0.2) is 80.0 Å². The van der Waals surface area contributed by atoms with E-state index in [0.29, 0.717) is 6.42 Å². The van der Waals surface area contributed by atoms with Crippen molar-refractivity contribution in [1.29, 1.82) is 0 Å². The average Bonchev–Trinajstić information content (AvgIpc) is 3.07.